The third-order valence-electron chi connectivity index (χ3n) is 4.37. The second-order valence-corrected chi connectivity index (χ2v) is 6.97. The Balaban J connectivity index is 1.51. The predicted octanol–water partition coefficient (Wildman–Crippen LogP) is 5.67. The first-order valence-corrected chi connectivity index (χ1v) is 8.98. The smallest absolute Gasteiger partial charge is 0.219 e. The van der Waals surface area contributed by atoms with Crippen LogP contribution in [0.2, 0.25) is 5.02 Å². The number of pyridine rings is 1. The summed E-state index contributed by atoms with van der Waals surface area (Å²) in [6.07, 6.45) is 2.47. The molecule has 2 aromatic carbocycles. The molecule has 5 heteroatoms. The zero-order chi connectivity index (χ0) is 18.1. The molecule has 1 aromatic heterocycles. The summed E-state index contributed by atoms with van der Waals surface area (Å²) in [5.74, 6) is 2.45. The molecule has 4 rings (SSSR count). The van der Waals surface area contributed by atoms with Gasteiger partial charge in [0.05, 0.1) is 17.1 Å². The lowest BCUT2D eigenvalue weighted by Gasteiger charge is -2.10. The van der Waals surface area contributed by atoms with Crippen molar-refractivity contribution < 1.29 is 14.3 Å². The SMILES string of the molecule is CC(=O)c1ccc2nc(Oc3ccc(OCC4CC4)c(Cl)c3)ccc2c1. The van der Waals surface area contributed by atoms with Crippen LogP contribution in [0, 0.1) is 5.92 Å². The Labute approximate surface area is 156 Å². The number of carbonyl (C=O) groups excluding carboxylic acids is 1. The molecule has 1 aliphatic rings. The van der Waals surface area contributed by atoms with Crippen molar-refractivity contribution in [1.82, 2.24) is 4.98 Å². The lowest BCUT2D eigenvalue weighted by molar-refractivity contribution is 0.101. The summed E-state index contributed by atoms with van der Waals surface area (Å²) < 4.78 is 11.5. The standard InChI is InChI=1S/C21H18ClNO3/c1-13(24)15-4-7-19-16(10-15)5-9-21(23-19)26-17-6-8-20(18(22)11-17)25-12-14-2-3-14/h4-11,14H,2-3,12H2,1H3. The quantitative estimate of drug-likeness (QED) is 0.526. The van der Waals surface area contributed by atoms with Gasteiger partial charge in [-0.05, 0) is 62.1 Å². The number of nitrogens with zero attached hydrogens (tertiary/aromatic N) is 1. The largest absolute Gasteiger partial charge is 0.492 e. The molecule has 4 nitrogen and oxygen atoms in total. The number of Topliss-reactive ketones (excluding diaryl/α,β-unsaturated/α-hetero) is 1. The number of ketones is 1. The molecule has 1 aliphatic carbocycles. The van der Waals surface area contributed by atoms with Crippen LogP contribution in [0.5, 0.6) is 17.4 Å². The summed E-state index contributed by atoms with van der Waals surface area (Å²) >= 11 is 6.28. The molecule has 1 heterocycles. The van der Waals surface area contributed by atoms with Gasteiger partial charge in [0, 0.05) is 23.1 Å². The van der Waals surface area contributed by atoms with E-state index in [1.54, 1.807) is 25.1 Å². The van der Waals surface area contributed by atoms with E-state index in [-0.39, 0.29) is 5.78 Å². The Morgan fingerprint density at radius 3 is 2.73 bits per heavy atom. The van der Waals surface area contributed by atoms with Crippen LogP contribution in [0.15, 0.2) is 48.5 Å². The summed E-state index contributed by atoms with van der Waals surface area (Å²) in [6, 6.07) is 14.5. The van der Waals surface area contributed by atoms with E-state index in [0.29, 0.717) is 40.5 Å². The Kier molecular flexibility index (Phi) is 4.51. The van der Waals surface area contributed by atoms with E-state index in [9.17, 15) is 4.79 Å². The molecule has 0 bridgehead atoms. The first-order chi connectivity index (χ1) is 12.6. The van der Waals surface area contributed by atoms with Gasteiger partial charge >= 0.3 is 0 Å². The number of ether oxygens (including phenoxy) is 2. The third kappa shape index (κ3) is 3.81. The van der Waals surface area contributed by atoms with Gasteiger partial charge in [0.2, 0.25) is 5.88 Å². The zero-order valence-corrected chi connectivity index (χ0v) is 15.1. The molecular weight excluding hydrogens is 350 g/mol. The first-order valence-electron chi connectivity index (χ1n) is 8.60. The molecule has 0 aliphatic heterocycles. The highest BCUT2D eigenvalue weighted by Gasteiger charge is 2.22. The summed E-state index contributed by atoms with van der Waals surface area (Å²) in [4.78, 5) is 16.0. The Bertz CT molecular complexity index is 982. The molecule has 0 amide bonds. The number of fused-ring (bicyclic) bond motifs is 1. The molecule has 26 heavy (non-hydrogen) atoms. The maximum atomic E-state index is 11.5. The number of carbonyl (C=O) groups is 1. The van der Waals surface area contributed by atoms with Gasteiger partial charge in [-0.1, -0.05) is 11.6 Å². The number of rotatable bonds is 6. The van der Waals surface area contributed by atoms with Crippen molar-refractivity contribution in [2.24, 2.45) is 5.92 Å². The minimum Gasteiger partial charge on any atom is -0.492 e. The fourth-order valence-electron chi connectivity index (χ4n) is 2.66. The van der Waals surface area contributed by atoms with Crippen LogP contribution >= 0.6 is 11.6 Å². The topological polar surface area (TPSA) is 48.4 Å². The number of hydrogen-bond acceptors (Lipinski definition) is 4. The van der Waals surface area contributed by atoms with Crippen LogP contribution in [0.4, 0.5) is 0 Å². The van der Waals surface area contributed by atoms with Crippen molar-refractivity contribution in [1.29, 1.82) is 0 Å². The van der Waals surface area contributed by atoms with Crippen molar-refractivity contribution in [3.05, 3.63) is 59.1 Å². The molecule has 0 saturated heterocycles. The molecule has 3 aromatic rings. The lowest BCUT2D eigenvalue weighted by atomic mass is 10.1. The highest BCUT2D eigenvalue weighted by molar-refractivity contribution is 6.32. The minimum atomic E-state index is 0.0332. The van der Waals surface area contributed by atoms with Crippen molar-refractivity contribution in [3.63, 3.8) is 0 Å². The van der Waals surface area contributed by atoms with Crippen LogP contribution in [0.3, 0.4) is 0 Å². The Morgan fingerprint density at radius 2 is 2.00 bits per heavy atom. The van der Waals surface area contributed by atoms with Gasteiger partial charge in [0.25, 0.3) is 0 Å². The number of benzene rings is 2. The molecule has 0 spiro atoms. The normalized spacial score (nSPS) is 13.6. The minimum absolute atomic E-state index is 0.0332. The number of aromatic nitrogens is 1. The molecule has 0 radical (unpaired) electrons. The van der Waals surface area contributed by atoms with Crippen molar-refractivity contribution in [3.8, 4) is 17.4 Å². The summed E-state index contributed by atoms with van der Waals surface area (Å²) in [5.41, 5.74) is 1.43. The van der Waals surface area contributed by atoms with Crippen LogP contribution in [-0.4, -0.2) is 17.4 Å². The highest BCUT2D eigenvalue weighted by atomic mass is 35.5. The summed E-state index contributed by atoms with van der Waals surface area (Å²) in [7, 11) is 0. The van der Waals surface area contributed by atoms with Gasteiger partial charge in [-0.3, -0.25) is 4.79 Å². The lowest BCUT2D eigenvalue weighted by Crippen LogP contribution is -1.99. The molecule has 0 N–H and O–H groups in total. The molecule has 1 saturated carbocycles. The molecular formula is C21H18ClNO3. The second kappa shape index (κ2) is 6.96. The monoisotopic (exact) mass is 367 g/mol. The van der Waals surface area contributed by atoms with E-state index in [1.165, 1.54) is 12.8 Å². The average Bonchev–Trinajstić information content (AvgIpc) is 3.45. The van der Waals surface area contributed by atoms with Crippen molar-refractivity contribution in [2.45, 2.75) is 19.8 Å². The molecule has 0 unspecified atom stereocenters. The Hall–Kier alpha value is -2.59. The second-order valence-electron chi connectivity index (χ2n) is 6.56. The van der Waals surface area contributed by atoms with E-state index in [2.05, 4.69) is 4.98 Å². The van der Waals surface area contributed by atoms with Gasteiger partial charge < -0.3 is 9.47 Å². The van der Waals surface area contributed by atoms with Crippen molar-refractivity contribution in [2.75, 3.05) is 6.61 Å². The van der Waals surface area contributed by atoms with E-state index in [0.717, 1.165) is 10.9 Å². The average molecular weight is 368 g/mol. The fourth-order valence-corrected chi connectivity index (χ4v) is 2.88. The summed E-state index contributed by atoms with van der Waals surface area (Å²) in [6.45, 7) is 2.27. The van der Waals surface area contributed by atoms with Crippen LogP contribution in [0.1, 0.15) is 30.1 Å². The van der Waals surface area contributed by atoms with Crippen LogP contribution in [-0.2, 0) is 0 Å². The molecule has 132 valence electrons. The van der Waals surface area contributed by atoms with E-state index < -0.39 is 0 Å². The van der Waals surface area contributed by atoms with E-state index >= 15 is 0 Å². The van der Waals surface area contributed by atoms with Crippen LogP contribution in [0.25, 0.3) is 10.9 Å². The number of hydrogen-bond donors (Lipinski definition) is 0. The molecule has 0 atom stereocenters. The van der Waals surface area contributed by atoms with E-state index in [4.69, 9.17) is 21.1 Å². The molecule has 1 fully saturated rings. The van der Waals surface area contributed by atoms with Crippen molar-refractivity contribution >= 4 is 28.3 Å². The third-order valence-corrected chi connectivity index (χ3v) is 4.66. The van der Waals surface area contributed by atoms with Gasteiger partial charge in [-0.2, -0.15) is 0 Å². The fraction of sp³-hybridized carbons (Fsp3) is 0.238. The van der Waals surface area contributed by atoms with Gasteiger partial charge in [0.1, 0.15) is 11.5 Å². The predicted molar refractivity (Wildman–Crippen MR) is 101 cm³/mol. The number of halogens is 1. The van der Waals surface area contributed by atoms with Crippen LogP contribution < -0.4 is 9.47 Å². The maximum Gasteiger partial charge on any atom is 0.219 e. The zero-order valence-electron chi connectivity index (χ0n) is 14.4. The van der Waals surface area contributed by atoms with Gasteiger partial charge in [0.15, 0.2) is 5.78 Å². The van der Waals surface area contributed by atoms with Gasteiger partial charge in [-0.15, -0.1) is 0 Å². The van der Waals surface area contributed by atoms with Gasteiger partial charge in [-0.25, -0.2) is 4.98 Å². The van der Waals surface area contributed by atoms with E-state index in [1.807, 2.05) is 30.3 Å². The first kappa shape index (κ1) is 16.9. The summed E-state index contributed by atoms with van der Waals surface area (Å²) in [5, 5.41) is 1.42. The Morgan fingerprint density at radius 1 is 1.15 bits per heavy atom. The maximum absolute atomic E-state index is 11.5. The highest BCUT2D eigenvalue weighted by Crippen LogP contribution is 2.34.